The van der Waals surface area contributed by atoms with E-state index in [0.29, 0.717) is 5.75 Å². The first-order chi connectivity index (χ1) is 6.86. The summed E-state index contributed by atoms with van der Waals surface area (Å²) in [5.74, 6) is 0.339. The number of hydrogen-bond acceptors (Lipinski definition) is 2. The maximum absolute atomic E-state index is 11.1. The van der Waals surface area contributed by atoms with Crippen molar-refractivity contribution in [1.82, 2.24) is 0 Å². The SMILES string of the molecule is COc1ccc(C(Cl)Cl)c(P(=O)(O)O)c1. The molecule has 1 rings (SSSR count). The lowest BCUT2D eigenvalue weighted by Crippen LogP contribution is -2.11. The second-order valence-corrected chi connectivity index (χ2v) is 5.44. The van der Waals surface area contributed by atoms with Crippen LogP contribution in [0.15, 0.2) is 18.2 Å². The van der Waals surface area contributed by atoms with Crippen molar-refractivity contribution in [1.29, 1.82) is 0 Å². The van der Waals surface area contributed by atoms with Crippen molar-refractivity contribution in [2.75, 3.05) is 7.11 Å². The monoisotopic (exact) mass is 270 g/mol. The number of benzene rings is 1. The summed E-state index contributed by atoms with van der Waals surface area (Å²) in [4.78, 5) is 17.2. The molecule has 0 bridgehead atoms. The van der Waals surface area contributed by atoms with Gasteiger partial charge in [-0.15, -0.1) is 23.2 Å². The normalized spacial score (nSPS) is 11.9. The van der Waals surface area contributed by atoms with Crippen LogP contribution in [-0.2, 0) is 4.57 Å². The van der Waals surface area contributed by atoms with Crippen molar-refractivity contribution >= 4 is 36.1 Å². The summed E-state index contributed by atoms with van der Waals surface area (Å²) in [5.41, 5.74) is 0.187. The number of alkyl halides is 2. The molecule has 0 aliphatic carbocycles. The number of hydrogen-bond donors (Lipinski definition) is 2. The molecule has 4 nitrogen and oxygen atoms in total. The van der Waals surface area contributed by atoms with Gasteiger partial charge in [0.15, 0.2) is 0 Å². The maximum Gasteiger partial charge on any atom is 0.356 e. The second kappa shape index (κ2) is 4.73. The van der Waals surface area contributed by atoms with Crippen molar-refractivity contribution in [3.8, 4) is 5.75 Å². The molecule has 7 heteroatoms. The van der Waals surface area contributed by atoms with Crippen LogP contribution < -0.4 is 10.0 Å². The van der Waals surface area contributed by atoms with Gasteiger partial charge < -0.3 is 14.5 Å². The summed E-state index contributed by atoms with van der Waals surface area (Å²) < 4.78 is 16.0. The van der Waals surface area contributed by atoms with Crippen LogP contribution in [0.4, 0.5) is 0 Å². The summed E-state index contributed by atoms with van der Waals surface area (Å²) in [5, 5.41) is -0.211. The quantitative estimate of drug-likeness (QED) is 0.651. The van der Waals surface area contributed by atoms with Gasteiger partial charge in [0.05, 0.1) is 12.4 Å². The third-order valence-electron chi connectivity index (χ3n) is 1.79. The van der Waals surface area contributed by atoms with E-state index in [1.165, 1.54) is 25.3 Å². The van der Waals surface area contributed by atoms with Gasteiger partial charge >= 0.3 is 7.60 Å². The van der Waals surface area contributed by atoms with Crippen LogP contribution in [0, 0.1) is 0 Å². The molecule has 0 unspecified atom stereocenters. The van der Waals surface area contributed by atoms with E-state index in [2.05, 4.69) is 0 Å². The molecule has 0 fully saturated rings. The first-order valence-corrected chi connectivity index (χ1v) is 6.37. The van der Waals surface area contributed by atoms with E-state index in [1.54, 1.807) is 0 Å². The van der Waals surface area contributed by atoms with Crippen LogP contribution >= 0.6 is 30.8 Å². The van der Waals surface area contributed by atoms with Gasteiger partial charge in [-0.05, 0) is 12.1 Å². The lowest BCUT2D eigenvalue weighted by Gasteiger charge is -2.12. The van der Waals surface area contributed by atoms with E-state index < -0.39 is 12.4 Å². The molecule has 0 atom stereocenters. The third-order valence-corrected chi connectivity index (χ3v) is 3.27. The summed E-state index contributed by atoms with van der Waals surface area (Å²) in [6, 6.07) is 4.19. The molecule has 0 aliphatic heterocycles. The average Bonchev–Trinajstić information content (AvgIpc) is 2.15. The predicted molar refractivity (Wildman–Crippen MR) is 59.1 cm³/mol. The Hall–Kier alpha value is -0.250. The topological polar surface area (TPSA) is 66.8 Å². The Morgan fingerprint density at radius 2 is 2.00 bits per heavy atom. The molecule has 1 aromatic rings. The molecule has 0 aromatic heterocycles. The molecule has 0 saturated carbocycles. The van der Waals surface area contributed by atoms with Gasteiger partial charge in [-0.3, -0.25) is 4.57 Å². The van der Waals surface area contributed by atoms with Gasteiger partial charge in [-0.1, -0.05) is 6.07 Å². The Morgan fingerprint density at radius 3 is 2.40 bits per heavy atom. The van der Waals surface area contributed by atoms with Gasteiger partial charge in [0.25, 0.3) is 0 Å². The third kappa shape index (κ3) is 3.10. The first kappa shape index (κ1) is 12.8. The summed E-state index contributed by atoms with van der Waals surface area (Å²) >= 11 is 11.2. The zero-order valence-electron chi connectivity index (χ0n) is 7.72. The van der Waals surface area contributed by atoms with Crippen molar-refractivity contribution in [2.24, 2.45) is 0 Å². The fourth-order valence-electron chi connectivity index (χ4n) is 1.09. The Kier molecular flexibility index (Phi) is 4.04. The lowest BCUT2D eigenvalue weighted by atomic mass is 10.2. The van der Waals surface area contributed by atoms with Gasteiger partial charge in [-0.2, -0.15) is 0 Å². The Bertz CT molecular complexity index is 402. The van der Waals surface area contributed by atoms with Crippen molar-refractivity contribution in [3.05, 3.63) is 23.8 Å². The molecule has 84 valence electrons. The highest BCUT2D eigenvalue weighted by Crippen LogP contribution is 2.39. The highest BCUT2D eigenvalue weighted by molar-refractivity contribution is 7.60. The standard InChI is InChI=1S/C8H9Cl2O4P/c1-14-5-2-3-6(8(9)10)7(4-5)15(11,12)13/h2-4,8H,1H3,(H2,11,12,13). The first-order valence-electron chi connectivity index (χ1n) is 3.88. The fraction of sp³-hybridized carbons (Fsp3) is 0.250. The van der Waals surface area contributed by atoms with Gasteiger partial charge in [0, 0.05) is 5.56 Å². The molecule has 0 radical (unpaired) electrons. The van der Waals surface area contributed by atoms with Gasteiger partial charge in [0.2, 0.25) is 0 Å². The minimum absolute atomic E-state index is 0.187. The summed E-state index contributed by atoms with van der Waals surface area (Å²) in [7, 11) is -3.00. The summed E-state index contributed by atoms with van der Waals surface area (Å²) in [6.45, 7) is 0. The van der Waals surface area contributed by atoms with E-state index in [-0.39, 0.29) is 10.9 Å². The second-order valence-electron chi connectivity index (χ2n) is 2.77. The van der Waals surface area contributed by atoms with E-state index in [0.717, 1.165) is 0 Å². The minimum Gasteiger partial charge on any atom is -0.497 e. The molecular weight excluding hydrogens is 262 g/mol. The van der Waals surface area contributed by atoms with Crippen molar-refractivity contribution in [2.45, 2.75) is 4.84 Å². The van der Waals surface area contributed by atoms with Crippen LogP contribution in [0.5, 0.6) is 5.75 Å². The van der Waals surface area contributed by atoms with E-state index in [9.17, 15) is 4.57 Å². The van der Waals surface area contributed by atoms with Crippen molar-refractivity contribution in [3.63, 3.8) is 0 Å². The molecule has 0 heterocycles. The molecule has 0 aliphatic rings. The van der Waals surface area contributed by atoms with E-state index in [4.69, 9.17) is 37.7 Å². The van der Waals surface area contributed by atoms with Crippen molar-refractivity contribution < 1.29 is 19.1 Å². The average molecular weight is 271 g/mol. The molecule has 0 spiro atoms. The maximum atomic E-state index is 11.1. The zero-order valence-corrected chi connectivity index (χ0v) is 10.1. The van der Waals surface area contributed by atoms with Crippen LogP contribution in [0.1, 0.15) is 10.4 Å². The van der Waals surface area contributed by atoms with Gasteiger partial charge in [-0.25, -0.2) is 0 Å². The largest absolute Gasteiger partial charge is 0.497 e. The summed E-state index contributed by atoms with van der Waals surface area (Å²) in [6.07, 6.45) is 0. The van der Waals surface area contributed by atoms with Crippen LogP contribution in [0.3, 0.4) is 0 Å². The van der Waals surface area contributed by atoms with E-state index >= 15 is 0 Å². The highest BCUT2D eigenvalue weighted by Gasteiger charge is 2.24. The van der Waals surface area contributed by atoms with Gasteiger partial charge in [0.1, 0.15) is 10.6 Å². The predicted octanol–water partition coefficient (Wildman–Crippen LogP) is 1.97. The molecule has 0 amide bonds. The number of ether oxygens (including phenoxy) is 1. The number of methoxy groups -OCH3 is 1. The smallest absolute Gasteiger partial charge is 0.356 e. The minimum atomic E-state index is -4.40. The van der Waals surface area contributed by atoms with E-state index in [1.807, 2.05) is 0 Å². The highest BCUT2D eigenvalue weighted by atomic mass is 35.5. The molecular formula is C8H9Cl2O4P. The number of rotatable bonds is 3. The van der Waals surface area contributed by atoms with Crippen LogP contribution in [0.25, 0.3) is 0 Å². The Labute approximate surface area is 96.9 Å². The lowest BCUT2D eigenvalue weighted by molar-refractivity contribution is 0.386. The Balaban J connectivity index is 3.36. The van der Waals surface area contributed by atoms with Crippen LogP contribution in [-0.4, -0.2) is 16.9 Å². The fourth-order valence-corrected chi connectivity index (χ4v) is 2.46. The molecule has 2 N–H and O–H groups in total. The van der Waals surface area contributed by atoms with Crippen LogP contribution in [0.2, 0.25) is 0 Å². The molecule has 0 saturated heterocycles. The zero-order chi connectivity index (χ0) is 11.6. The molecule has 15 heavy (non-hydrogen) atoms. The Morgan fingerprint density at radius 1 is 1.40 bits per heavy atom. The number of halogens is 2. The molecule has 1 aromatic carbocycles.